The first-order chi connectivity index (χ1) is 7.77. The molecule has 88 valence electrons. The van der Waals surface area contributed by atoms with Gasteiger partial charge in [0.2, 0.25) is 0 Å². The van der Waals surface area contributed by atoms with Gasteiger partial charge in [-0.25, -0.2) is 4.39 Å². The van der Waals surface area contributed by atoms with Gasteiger partial charge in [-0.15, -0.1) is 0 Å². The van der Waals surface area contributed by atoms with Crippen LogP contribution in [0, 0.1) is 0 Å². The molecule has 0 spiro atoms. The van der Waals surface area contributed by atoms with E-state index in [-0.39, 0.29) is 12.1 Å². The normalized spacial score (nSPS) is 27.6. The molecule has 0 aromatic heterocycles. The molecule has 1 aromatic carbocycles. The lowest BCUT2D eigenvalue weighted by Crippen LogP contribution is -2.49. The summed E-state index contributed by atoms with van der Waals surface area (Å²) in [5.74, 6) is 0. The second-order valence-corrected chi connectivity index (χ2v) is 4.41. The minimum Gasteiger partial charge on any atom is -0.314 e. The number of halogens is 1. The molecule has 0 bridgehead atoms. The zero-order chi connectivity index (χ0) is 11.4. The highest BCUT2D eigenvalue weighted by Gasteiger charge is 2.25. The first-order valence-electron chi connectivity index (χ1n) is 5.93. The van der Waals surface area contributed by atoms with Crippen LogP contribution >= 0.6 is 0 Å². The van der Waals surface area contributed by atoms with Gasteiger partial charge in [0.05, 0.1) is 0 Å². The van der Waals surface area contributed by atoms with E-state index in [4.69, 9.17) is 0 Å². The van der Waals surface area contributed by atoms with Crippen molar-refractivity contribution in [2.75, 3.05) is 13.1 Å². The number of alkyl halides is 1. The Bertz CT molecular complexity index is 315. The van der Waals surface area contributed by atoms with Gasteiger partial charge >= 0.3 is 0 Å². The largest absolute Gasteiger partial charge is 0.314 e. The van der Waals surface area contributed by atoms with Crippen molar-refractivity contribution < 1.29 is 4.39 Å². The molecule has 1 saturated heterocycles. The van der Waals surface area contributed by atoms with E-state index in [2.05, 4.69) is 29.7 Å². The molecule has 1 heterocycles. The van der Waals surface area contributed by atoms with E-state index in [9.17, 15) is 4.39 Å². The predicted octanol–water partition coefficient (Wildman–Crippen LogP) is 2.04. The van der Waals surface area contributed by atoms with Gasteiger partial charge in [-0.2, -0.15) is 0 Å². The fourth-order valence-corrected chi connectivity index (χ4v) is 2.17. The second-order valence-electron chi connectivity index (χ2n) is 4.41. The molecule has 16 heavy (non-hydrogen) atoms. The molecule has 2 N–H and O–H groups in total. The van der Waals surface area contributed by atoms with E-state index in [1.807, 2.05) is 18.2 Å². The fraction of sp³-hybridized carbons (Fsp3) is 0.538. The third-order valence-electron chi connectivity index (χ3n) is 3.17. The van der Waals surface area contributed by atoms with Gasteiger partial charge in [0.15, 0.2) is 0 Å². The molecule has 0 radical (unpaired) electrons. The number of benzene rings is 1. The summed E-state index contributed by atoms with van der Waals surface area (Å²) >= 11 is 0. The molecule has 3 atom stereocenters. The maximum atomic E-state index is 13.6. The summed E-state index contributed by atoms with van der Waals surface area (Å²) in [5.41, 5.74) is 1.22. The zero-order valence-corrected chi connectivity index (χ0v) is 9.62. The van der Waals surface area contributed by atoms with Crippen molar-refractivity contribution in [3.8, 4) is 0 Å². The summed E-state index contributed by atoms with van der Waals surface area (Å²) in [6.07, 6.45) is 0.0816. The van der Waals surface area contributed by atoms with E-state index in [0.29, 0.717) is 6.54 Å². The van der Waals surface area contributed by atoms with Crippen LogP contribution in [-0.4, -0.2) is 25.3 Å². The Hall–Kier alpha value is -0.930. The average Bonchev–Trinajstić information content (AvgIpc) is 2.33. The van der Waals surface area contributed by atoms with Crippen molar-refractivity contribution in [1.29, 1.82) is 0 Å². The molecule has 2 nitrogen and oxygen atoms in total. The Labute approximate surface area is 96.2 Å². The van der Waals surface area contributed by atoms with E-state index >= 15 is 0 Å². The van der Waals surface area contributed by atoms with Crippen molar-refractivity contribution >= 4 is 0 Å². The van der Waals surface area contributed by atoms with Crippen LogP contribution in [0.3, 0.4) is 0 Å². The summed E-state index contributed by atoms with van der Waals surface area (Å²) < 4.78 is 13.6. The summed E-state index contributed by atoms with van der Waals surface area (Å²) in [5, 5.41) is 6.43. The van der Waals surface area contributed by atoms with Crippen LogP contribution in [0.2, 0.25) is 0 Å². The Kier molecular flexibility index (Phi) is 3.91. The highest BCUT2D eigenvalue weighted by molar-refractivity contribution is 5.18. The van der Waals surface area contributed by atoms with Crippen LogP contribution < -0.4 is 10.6 Å². The predicted molar refractivity (Wildman–Crippen MR) is 64.2 cm³/mol. The minimum absolute atomic E-state index is 0.0172. The Morgan fingerprint density at radius 3 is 2.81 bits per heavy atom. The molecule has 1 aliphatic heterocycles. The van der Waals surface area contributed by atoms with Gasteiger partial charge in [-0.3, -0.25) is 0 Å². The number of nitrogens with one attached hydrogen (secondary N) is 2. The Balaban J connectivity index is 1.94. The van der Waals surface area contributed by atoms with Crippen LogP contribution in [0.1, 0.15) is 24.9 Å². The van der Waals surface area contributed by atoms with Gasteiger partial charge < -0.3 is 10.6 Å². The van der Waals surface area contributed by atoms with Crippen LogP contribution in [0.5, 0.6) is 0 Å². The number of hydrogen-bond acceptors (Lipinski definition) is 2. The van der Waals surface area contributed by atoms with Crippen molar-refractivity contribution in [2.24, 2.45) is 0 Å². The molecule has 0 amide bonds. The van der Waals surface area contributed by atoms with E-state index in [1.165, 1.54) is 5.56 Å². The summed E-state index contributed by atoms with van der Waals surface area (Å²) in [4.78, 5) is 0. The number of hydrogen-bond donors (Lipinski definition) is 2. The number of rotatable bonds is 3. The third kappa shape index (κ3) is 2.80. The first kappa shape index (κ1) is 11.6. The smallest absolute Gasteiger partial charge is 0.128 e. The quantitative estimate of drug-likeness (QED) is 0.817. The molecule has 0 aliphatic carbocycles. The van der Waals surface area contributed by atoms with Crippen LogP contribution in [0.15, 0.2) is 30.3 Å². The van der Waals surface area contributed by atoms with Gasteiger partial charge in [-0.05, 0) is 25.5 Å². The first-order valence-corrected chi connectivity index (χ1v) is 5.93. The van der Waals surface area contributed by atoms with Crippen molar-refractivity contribution in [1.82, 2.24) is 10.6 Å². The van der Waals surface area contributed by atoms with Crippen LogP contribution in [-0.2, 0) is 0 Å². The molecule has 1 aliphatic rings. The van der Waals surface area contributed by atoms with Crippen LogP contribution in [0.4, 0.5) is 4.39 Å². The topological polar surface area (TPSA) is 24.1 Å². The van der Waals surface area contributed by atoms with Gasteiger partial charge in [0, 0.05) is 18.6 Å². The standard InChI is InChI=1S/C13H19FN2/c1-10(11-5-3-2-4-6-11)16-13-7-8-15-9-12(13)14/h2-6,10,12-13,15-16H,7-9H2,1H3. The maximum Gasteiger partial charge on any atom is 0.128 e. The molecule has 0 saturated carbocycles. The average molecular weight is 222 g/mol. The van der Waals surface area contributed by atoms with Gasteiger partial charge in [-0.1, -0.05) is 30.3 Å². The van der Waals surface area contributed by atoms with E-state index in [1.54, 1.807) is 0 Å². The van der Waals surface area contributed by atoms with Gasteiger partial charge in [0.1, 0.15) is 6.17 Å². The van der Waals surface area contributed by atoms with E-state index in [0.717, 1.165) is 13.0 Å². The zero-order valence-electron chi connectivity index (χ0n) is 9.62. The lowest BCUT2D eigenvalue weighted by Gasteiger charge is -2.30. The van der Waals surface area contributed by atoms with Crippen molar-refractivity contribution in [3.05, 3.63) is 35.9 Å². The summed E-state index contributed by atoms with van der Waals surface area (Å²) in [7, 11) is 0. The molecule has 3 heteroatoms. The second kappa shape index (κ2) is 5.41. The Morgan fingerprint density at radius 2 is 2.12 bits per heavy atom. The molecule has 1 fully saturated rings. The van der Waals surface area contributed by atoms with Crippen molar-refractivity contribution in [2.45, 2.75) is 31.6 Å². The highest BCUT2D eigenvalue weighted by atomic mass is 19.1. The van der Waals surface area contributed by atoms with Crippen molar-refractivity contribution in [3.63, 3.8) is 0 Å². The molecular weight excluding hydrogens is 203 g/mol. The minimum atomic E-state index is -0.778. The highest BCUT2D eigenvalue weighted by Crippen LogP contribution is 2.16. The Morgan fingerprint density at radius 1 is 1.38 bits per heavy atom. The van der Waals surface area contributed by atoms with Gasteiger partial charge in [0.25, 0.3) is 0 Å². The lowest BCUT2D eigenvalue weighted by atomic mass is 10.0. The molecule has 2 rings (SSSR count). The summed E-state index contributed by atoms with van der Waals surface area (Å²) in [6, 6.07) is 10.4. The summed E-state index contributed by atoms with van der Waals surface area (Å²) in [6.45, 7) is 3.46. The molecule has 3 unspecified atom stereocenters. The van der Waals surface area contributed by atoms with Crippen LogP contribution in [0.25, 0.3) is 0 Å². The monoisotopic (exact) mass is 222 g/mol. The van der Waals surface area contributed by atoms with E-state index < -0.39 is 6.17 Å². The maximum absolute atomic E-state index is 13.6. The lowest BCUT2D eigenvalue weighted by molar-refractivity contribution is 0.193. The fourth-order valence-electron chi connectivity index (χ4n) is 2.17. The SMILES string of the molecule is CC(NC1CCNCC1F)c1ccccc1. The molecule has 1 aromatic rings. The molecular formula is C13H19FN2. The third-order valence-corrected chi connectivity index (χ3v) is 3.17. The number of piperidine rings is 1.